The Morgan fingerprint density at radius 2 is 2.10 bits per heavy atom. The number of thiophene rings is 1. The highest BCUT2D eigenvalue weighted by atomic mass is 32.2. The predicted molar refractivity (Wildman–Crippen MR) is 85.9 cm³/mol. The Bertz CT molecular complexity index is 809. The average molecular weight is 299 g/mol. The summed E-state index contributed by atoms with van der Waals surface area (Å²) in [5.74, 6) is 0. The van der Waals surface area contributed by atoms with Crippen LogP contribution in [-0.2, 0) is 13.0 Å². The summed E-state index contributed by atoms with van der Waals surface area (Å²) in [6.07, 6.45) is 2.99. The van der Waals surface area contributed by atoms with Gasteiger partial charge < -0.3 is 4.57 Å². The molecule has 1 aromatic carbocycles. The molecule has 4 rings (SSSR count). The molecule has 0 spiro atoms. The Morgan fingerprint density at radius 1 is 1.20 bits per heavy atom. The lowest BCUT2D eigenvalue weighted by atomic mass is 10.1. The van der Waals surface area contributed by atoms with Gasteiger partial charge in [-0.15, -0.1) is 23.1 Å². The van der Waals surface area contributed by atoms with E-state index < -0.39 is 0 Å². The van der Waals surface area contributed by atoms with Crippen molar-refractivity contribution in [2.75, 3.05) is 0 Å². The molecule has 3 aromatic rings. The number of hydrogen-bond acceptors (Lipinski definition) is 3. The molecule has 3 heterocycles. The lowest BCUT2D eigenvalue weighted by molar-refractivity contribution is 0.647. The summed E-state index contributed by atoms with van der Waals surface area (Å²) < 4.78 is 2.94. The van der Waals surface area contributed by atoms with Gasteiger partial charge in [-0.1, -0.05) is 18.2 Å². The van der Waals surface area contributed by atoms with Crippen LogP contribution in [-0.4, -0.2) is 9.82 Å². The molecule has 20 heavy (non-hydrogen) atoms. The van der Waals surface area contributed by atoms with E-state index in [-0.39, 0.29) is 5.56 Å². The Morgan fingerprint density at radius 3 is 3.00 bits per heavy atom. The van der Waals surface area contributed by atoms with E-state index in [1.807, 2.05) is 40.0 Å². The van der Waals surface area contributed by atoms with Crippen molar-refractivity contribution in [3.05, 3.63) is 63.9 Å². The number of pyridine rings is 1. The van der Waals surface area contributed by atoms with Gasteiger partial charge in [-0.25, -0.2) is 0 Å². The number of thioether (sulfide) groups is 1. The molecule has 1 unspecified atom stereocenters. The summed E-state index contributed by atoms with van der Waals surface area (Å²) in [7, 11) is 0. The molecular weight excluding hydrogens is 286 g/mol. The van der Waals surface area contributed by atoms with Crippen LogP contribution in [0, 0.1) is 0 Å². The van der Waals surface area contributed by atoms with Crippen molar-refractivity contribution < 1.29 is 0 Å². The van der Waals surface area contributed by atoms with Crippen molar-refractivity contribution in [1.29, 1.82) is 0 Å². The minimum atomic E-state index is 0.139. The molecule has 1 atom stereocenters. The van der Waals surface area contributed by atoms with Crippen molar-refractivity contribution in [3.63, 3.8) is 0 Å². The lowest BCUT2D eigenvalue weighted by Gasteiger charge is -2.11. The third-order valence-electron chi connectivity index (χ3n) is 3.71. The molecule has 2 nitrogen and oxygen atoms in total. The number of hydrogen-bond donors (Lipinski definition) is 0. The van der Waals surface area contributed by atoms with Gasteiger partial charge in [-0.05, 0) is 35.6 Å². The molecule has 1 aliphatic heterocycles. The first-order chi connectivity index (χ1) is 9.81. The number of aromatic nitrogens is 1. The lowest BCUT2D eigenvalue weighted by Crippen LogP contribution is -2.24. The normalized spacial score (nSPS) is 17.5. The smallest absolute Gasteiger partial charge is 0.259 e. The molecule has 0 saturated heterocycles. The van der Waals surface area contributed by atoms with Gasteiger partial charge in [0.1, 0.15) is 0 Å². The summed E-state index contributed by atoms with van der Waals surface area (Å²) in [5, 5.41) is 3.29. The zero-order valence-corrected chi connectivity index (χ0v) is 12.4. The first-order valence-electron chi connectivity index (χ1n) is 6.62. The minimum Gasteiger partial charge on any atom is -0.314 e. The van der Waals surface area contributed by atoms with Gasteiger partial charge in [0.15, 0.2) is 0 Å². The quantitative estimate of drug-likeness (QED) is 0.718. The van der Waals surface area contributed by atoms with Crippen molar-refractivity contribution in [3.8, 4) is 0 Å². The van der Waals surface area contributed by atoms with Gasteiger partial charge in [0.05, 0.1) is 5.39 Å². The molecule has 0 fully saturated rings. The second-order valence-corrected chi connectivity index (χ2v) is 7.31. The third-order valence-corrected chi connectivity index (χ3v) is 5.89. The number of nitrogens with zero attached hydrogens (tertiary/aromatic N) is 1. The maximum atomic E-state index is 12.4. The van der Waals surface area contributed by atoms with Crippen LogP contribution in [0.3, 0.4) is 0 Å². The zero-order chi connectivity index (χ0) is 13.5. The Kier molecular flexibility index (Phi) is 2.93. The maximum absolute atomic E-state index is 12.4. The van der Waals surface area contributed by atoms with Crippen LogP contribution in [0.1, 0.15) is 5.56 Å². The summed E-state index contributed by atoms with van der Waals surface area (Å²) in [4.78, 5) is 13.8. The van der Waals surface area contributed by atoms with Crippen molar-refractivity contribution in [2.24, 2.45) is 0 Å². The molecule has 0 saturated carbocycles. The average Bonchev–Trinajstić information content (AvgIpc) is 3.08. The molecule has 0 amide bonds. The monoisotopic (exact) mass is 299 g/mol. The van der Waals surface area contributed by atoms with Crippen LogP contribution in [0.2, 0.25) is 0 Å². The first-order valence-corrected chi connectivity index (χ1v) is 8.38. The number of benzene rings is 1. The van der Waals surface area contributed by atoms with Crippen LogP contribution >= 0.6 is 23.1 Å². The molecule has 4 heteroatoms. The molecule has 100 valence electrons. The molecule has 1 aliphatic rings. The third kappa shape index (κ3) is 2.00. The molecule has 2 aromatic heterocycles. The second-order valence-electron chi connectivity index (χ2n) is 5.02. The van der Waals surface area contributed by atoms with Crippen molar-refractivity contribution in [1.82, 2.24) is 4.57 Å². The Balaban J connectivity index is 1.63. The summed E-state index contributed by atoms with van der Waals surface area (Å²) in [5.41, 5.74) is 1.55. The topological polar surface area (TPSA) is 22.0 Å². The number of fused-ring (bicyclic) bond motifs is 2. The zero-order valence-electron chi connectivity index (χ0n) is 10.8. The van der Waals surface area contributed by atoms with Gasteiger partial charge in [0, 0.05) is 27.6 Å². The fourth-order valence-corrected chi connectivity index (χ4v) is 4.82. The fraction of sp³-hybridized carbons (Fsp3) is 0.188. The highest BCUT2D eigenvalue weighted by Crippen LogP contribution is 2.37. The van der Waals surface area contributed by atoms with Gasteiger partial charge in [-0.3, -0.25) is 4.79 Å². The highest BCUT2D eigenvalue weighted by Gasteiger charge is 2.22. The van der Waals surface area contributed by atoms with E-state index in [4.69, 9.17) is 0 Å². The summed E-state index contributed by atoms with van der Waals surface area (Å²) in [6, 6.07) is 12.5. The van der Waals surface area contributed by atoms with Crippen LogP contribution in [0.15, 0.2) is 57.7 Å². The van der Waals surface area contributed by atoms with Crippen LogP contribution in [0.5, 0.6) is 0 Å². The SMILES string of the molecule is O=c1c2ccsc2ccn1CC1Cc2ccccc2S1. The predicted octanol–water partition coefficient (Wildman–Crippen LogP) is 3.78. The van der Waals surface area contributed by atoms with E-state index >= 15 is 0 Å². The van der Waals surface area contributed by atoms with Crippen LogP contribution < -0.4 is 5.56 Å². The van der Waals surface area contributed by atoms with Crippen molar-refractivity contribution in [2.45, 2.75) is 23.1 Å². The van der Waals surface area contributed by atoms with E-state index in [1.165, 1.54) is 10.5 Å². The highest BCUT2D eigenvalue weighted by molar-refractivity contribution is 8.00. The minimum absolute atomic E-state index is 0.139. The Hall–Kier alpha value is -1.52. The van der Waals surface area contributed by atoms with E-state index in [9.17, 15) is 4.79 Å². The summed E-state index contributed by atoms with van der Waals surface area (Å²) in [6.45, 7) is 0.782. The van der Waals surface area contributed by atoms with Crippen LogP contribution in [0.25, 0.3) is 10.1 Å². The van der Waals surface area contributed by atoms with Gasteiger partial charge >= 0.3 is 0 Å². The molecule has 0 bridgehead atoms. The molecular formula is C16H13NOS2. The van der Waals surface area contributed by atoms with Crippen LogP contribution in [0.4, 0.5) is 0 Å². The summed E-state index contributed by atoms with van der Waals surface area (Å²) >= 11 is 3.51. The standard InChI is InChI=1S/C16H13NOS2/c18-16-13-6-8-19-15(13)5-7-17(16)10-12-9-11-3-1-2-4-14(11)20-12/h1-8,12H,9-10H2. The Labute approximate surface area is 125 Å². The largest absolute Gasteiger partial charge is 0.314 e. The van der Waals surface area contributed by atoms with Gasteiger partial charge in [0.2, 0.25) is 0 Å². The van der Waals surface area contributed by atoms with Crippen molar-refractivity contribution >= 4 is 33.2 Å². The first kappa shape index (κ1) is 12.2. The van der Waals surface area contributed by atoms with E-state index in [0.29, 0.717) is 5.25 Å². The van der Waals surface area contributed by atoms with E-state index in [2.05, 4.69) is 24.3 Å². The molecule has 0 aliphatic carbocycles. The maximum Gasteiger partial charge on any atom is 0.259 e. The second kappa shape index (κ2) is 4.79. The fourth-order valence-electron chi connectivity index (χ4n) is 2.73. The number of rotatable bonds is 2. The van der Waals surface area contributed by atoms with Gasteiger partial charge in [-0.2, -0.15) is 0 Å². The van der Waals surface area contributed by atoms with Gasteiger partial charge in [0.25, 0.3) is 5.56 Å². The van der Waals surface area contributed by atoms with E-state index in [0.717, 1.165) is 23.1 Å². The van der Waals surface area contributed by atoms with E-state index in [1.54, 1.807) is 11.3 Å². The molecule has 0 N–H and O–H groups in total. The molecule has 0 radical (unpaired) electrons.